The second-order valence-electron chi connectivity index (χ2n) is 5.75. The number of rotatable bonds is 3. The molecule has 0 N–H and O–H groups in total. The van der Waals surface area contributed by atoms with Crippen LogP contribution in [0.15, 0.2) is 66.7 Å². The van der Waals surface area contributed by atoms with E-state index in [-0.39, 0.29) is 5.92 Å². The summed E-state index contributed by atoms with van der Waals surface area (Å²) in [6.07, 6.45) is 0. The van der Waals surface area contributed by atoms with Gasteiger partial charge in [-0.3, -0.25) is 0 Å². The molecule has 0 saturated carbocycles. The van der Waals surface area contributed by atoms with Crippen LogP contribution in [0.5, 0.6) is 23.0 Å². The van der Waals surface area contributed by atoms with Gasteiger partial charge in [0.05, 0.1) is 14.2 Å². The van der Waals surface area contributed by atoms with E-state index in [4.69, 9.17) is 14.2 Å². The second kappa shape index (κ2) is 5.93. The molecule has 0 bridgehead atoms. The van der Waals surface area contributed by atoms with Crippen LogP contribution in [0.1, 0.15) is 22.6 Å². The summed E-state index contributed by atoms with van der Waals surface area (Å²) >= 11 is 0. The maximum Gasteiger partial charge on any atom is 0.131 e. The van der Waals surface area contributed by atoms with Crippen molar-refractivity contribution < 1.29 is 14.2 Å². The van der Waals surface area contributed by atoms with Crippen LogP contribution in [0.2, 0.25) is 0 Å². The van der Waals surface area contributed by atoms with Gasteiger partial charge in [0.2, 0.25) is 0 Å². The normalized spacial score (nSPS) is 15.0. The smallest absolute Gasteiger partial charge is 0.131 e. The van der Waals surface area contributed by atoms with Gasteiger partial charge in [-0.2, -0.15) is 0 Å². The van der Waals surface area contributed by atoms with Crippen molar-refractivity contribution in [1.29, 1.82) is 0 Å². The maximum absolute atomic E-state index is 6.09. The van der Waals surface area contributed by atoms with Crippen molar-refractivity contribution in [2.45, 2.75) is 5.92 Å². The quantitative estimate of drug-likeness (QED) is 0.532. The molecule has 1 unspecified atom stereocenters. The van der Waals surface area contributed by atoms with Crippen molar-refractivity contribution in [3.63, 3.8) is 0 Å². The van der Waals surface area contributed by atoms with Crippen LogP contribution < -0.4 is 14.2 Å². The van der Waals surface area contributed by atoms with Gasteiger partial charge in [0, 0.05) is 17.0 Å². The number of benzene rings is 3. The minimum atomic E-state index is 0.103. The van der Waals surface area contributed by atoms with E-state index in [2.05, 4.69) is 24.3 Å². The summed E-state index contributed by atoms with van der Waals surface area (Å²) in [5.74, 6) is 3.55. The molecule has 3 heteroatoms. The van der Waals surface area contributed by atoms with E-state index in [0.717, 1.165) is 34.1 Å². The predicted molar refractivity (Wildman–Crippen MR) is 93.4 cm³/mol. The fourth-order valence-corrected chi connectivity index (χ4v) is 3.23. The van der Waals surface area contributed by atoms with Crippen molar-refractivity contribution in [2.24, 2.45) is 0 Å². The molecule has 3 aromatic rings. The molecule has 0 saturated heterocycles. The van der Waals surface area contributed by atoms with E-state index in [1.807, 2.05) is 42.5 Å². The number of hydrogen-bond acceptors (Lipinski definition) is 3. The van der Waals surface area contributed by atoms with Gasteiger partial charge in [-0.15, -0.1) is 0 Å². The summed E-state index contributed by atoms with van der Waals surface area (Å²) in [4.78, 5) is 0. The van der Waals surface area contributed by atoms with Crippen LogP contribution >= 0.6 is 0 Å². The topological polar surface area (TPSA) is 27.7 Å². The molecule has 24 heavy (non-hydrogen) atoms. The predicted octanol–water partition coefficient (Wildman–Crippen LogP) is 4.99. The van der Waals surface area contributed by atoms with Gasteiger partial charge in [-0.25, -0.2) is 0 Å². The molecule has 3 nitrogen and oxygen atoms in total. The van der Waals surface area contributed by atoms with Crippen LogP contribution in [-0.2, 0) is 0 Å². The number of ether oxygens (including phenoxy) is 3. The summed E-state index contributed by atoms with van der Waals surface area (Å²) in [6.45, 7) is 0. The molecule has 0 spiro atoms. The average Bonchev–Trinajstić information content (AvgIpc) is 2.65. The van der Waals surface area contributed by atoms with Gasteiger partial charge >= 0.3 is 0 Å². The third-order valence-electron chi connectivity index (χ3n) is 4.43. The summed E-state index contributed by atoms with van der Waals surface area (Å²) < 4.78 is 16.8. The Morgan fingerprint density at radius 3 is 2.12 bits per heavy atom. The Hall–Kier alpha value is -2.94. The van der Waals surface area contributed by atoms with E-state index in [0.29, 0.717) is 0 Å². The lowest BCUT2D eigenvalue weighted by molar-refractivity contribution is 0.408. The molecule has 0 radical (unpaired) electrons. The Bertz CT molecular complexity index is 869. The third-order valence-corrected chi connectivity index (χ3v) is 4.43. The first-order valence-electron chi connectivity index (χ1n) is 7.89. The lowest BCUT2D eigenvalue weighted by Crippen LogP contribution is -2.11. The molecule has 1 heterocycles. The van der Waals surface area contributed by atoms with Crippen LogP contribution in [-0.4, -0.2) is 14.2 Å². The van der Waals surface area contributed by atoms with E-state index >= 15 is 0 Å². The third kappa shape index (κ3) is 2.38. The summed E-state index contributed by atoms with van der Waals surface area (Å²) in [5.41, 5.74) is 3.46. The van der Waals surface area contributed by atoms with Gasteiger partial charge in [-0.05, 0) is 42.0 Å². The van der Waals surface area contributed by atoms with Crippen LogP contribution in [0.3, 0.4) is 0 Å². The number of para-hydroxylation sites is 1. The molecular formula is C21H18O3. The Morgan fingerprint density at radius 2 is 1.38 bits per heavy atom. The largest absolute Gasteiger partial charge is 0.497 e. The first-order chi connectivity index (χ1) is 11.8. The summed E-state index contributed by atoms with van der Waals surface area (Å²) in [6, 6.07) is 22.3. The molecular weight excluding hydrogens is 300 g/mol. The van der Waals surface area contributed by atoms with Crippen molar-refractivity contribution in [3.05, 3.63) is 83.4 Å². The molecule has 0 fully saturated rings. The SMILES string of the molecule is COc1ccc(C2c3ccccc3Oc3ccc(OC)cc32)cc1. The molecule has 0 amide bonds. The first-order valence-corrected chi connectivity index (χ1v) is 7.89. The Labute approximate surface area is 141 Å². The molecule has 120 valence electrons. The molecule has 1 atom stereocenters. The zero-order valence-electron chi connectivity index (χ0n) is 13.7. The zero-order valence-corrected chi connectivity index (χ0v) is 13.7. The molecule has 0 aromatic heterocycles. The Balaban J connectivity index is 1.90. The van der Waals surface area contributed by atoms with Gasteiger partial charge in [0.1, 0.15) is 23.0 Å². The van der Waals surface area contributed by atoms with Gasteiger partial charge in [0.15, 0.2) is 0 Å². The number of methoxy groups -OCH3 is 2. The van der Waals surface area contributed by atoms with Gasteiger partial charge < -0.3 is 14.2 Å². The minimum Gasteiger partial charge on any atom is -0.497 e. The zero-order chi connectivity index (χ0) is 16.5. The molecule has 1 aliphatic rings. The average molecular weight is 318 g/mol. The first kappa shape index (κ1) is 14.6. The van der Waals surface area contributed by atoms with Gasteiger partial charge in [0.25, 0.3) is 0 Å². The van der Waals surface area contributed by atoms with Crippen molar-refractivity contribution in [3.8, 4) is 23.0 Å². The lowest BCUT2D eigenvalue weighted by Gasteiger charge is -2.29. The van der Waals surface area contributed by atoms with Gasteiger partial charge in [-0.1, -0.05) is 30.3 Å². The van der Waals surface area contributed by atoms with E-state index < -0.39 is 0 Å². The highest BCUT2D eigenvalue weighted by Crippen LogP contribution is 2.48. The second-order valence-corrected chi connectivity index (χ2v) is 5.75. The monoisotopic (exact) mass is 318 g/mol. The highest BCUT2D eigenvalue weighted by atomic mass is 16.5. The fraction of sp³-hybridized carbons (Fsp3) is 0.143. The highest BCUT2D eigenvalue weighted by molar-refractivity contribution is 5.59. The van der Waals surface area contributed by atoms with Crippen molar-refractivity contribution >= 4 is 0 Å². The Morgan fingerprint density at radius 1 is 0.708 bits per heavy atom. The molecule has 0 aliphatic carbocycles. The standard InChI is InChI=1S/C21H18O3/c1-22-15-9-7-14(8-10-15)21-17-5-3-4-6-19(17)24-20-12-11-16(23-2)13-18(20)21/h3-13,21H,1-2H3. The maximum atomic E-state index is 6.09. The van der Waals surface area contributed by atoms with E-state index in [9.17, 15) is 0 Å². The number of hydrogen-bond donors (Lipinski definition) is 0. The highest BCUT2D eigenvalue weighted by Gasteiger charge is 2.28. The van der Waals surface area contributed by atoms with Crippen LogP contribution in [0.25, 0.3) is 0 Å². The van der Waals surface area contributed by atoms with Crippen molar-refractivity contribution in [1.82, 2.24) is 0 Å². The Kier molecular flexibility index (Phi) is 3.62. The van der Waals surface area contributed by atoms with Crippen LogP contribution in [0, 0.1) is 0 Å². The van der Waals surface area contributed by atoms with E-state index in [1.54, 1.807) is 14.2 Å². The molecule has 4 rings (SSSR count). The number of fused-ring (bicyclic) bond motifs is 2. The van der Waals surface area contributed by atoms with Crippen LogP contribution in [0.4, 0.5) is 0 Å². The summed E-state index contributed by atoms with van der Waals surface area (Å²) in [5, 5.41) is 0. The van der Waals surface area contributed by atoms with Crippen molar-refractivity contribution in [2.75, 3.05) is 14.2 Å². The van der Waals surface area contributed by atoms with E-state index in [1.165, 1.54) is 5.56 Å². The minimum absolute atomic E-state index is 0.103. The lowest BCUT2D eigenvalue weighted by atomic mass is 9.82. The fourth-order valence-electron chi connectivity index (χ4n) is 3.23. The molecule has 3 aromatic carbocycles. The summed E-state index contributed by atoms with van der Waals surface area (Å²) in [7, 11) is 3.36. The molecule has 1 aliphatic heterocycles.